The average Bonchev–Trinajstić information content (AvgIpc) is 3.17. The molecule has 1 saturated heterocycles. The second-order valence-electron chi connectivity index (χ2n) is 9.41. The van der Waals surface area contributed by atoms with Crippen LogP contribution in [0, 0.1) is 12.7 Å². The van der Waals surface area contributed by atoms with Gasteiger partial charge in [-0.2, -0.15) is 0 Å². The van der Waals surface area contributed by atoms with Gasteiger partial charge >= 0.3 is 5.97 Å². The number of nitrogens with zero attached hydrogens (tertiary/aromatic N) is 1. The minimum atomic E-state index is -0.664. The second-order valence-corrected chi connectivity index (χ2v) is 10.4. The summed E-state index contributed by atoms with van der Waals surface area (Å²) < 4.78 is 30.3. The number of amides is 2. The van der Waals surface area contributed by atoms with Crippen LogP contribution in [-0.2, 0) is 4.79 Å². The summed E-state index contributed by atoms with van der Waals surface area (Å²) >= 11 is 0.852. The number of esters is 1. The van der Waals surface area contributed by atoms with Gasteiger partial charge < -0.3 is 14.2 Å². The first-order chi connectivity index (χ1) is 19.2. The highest BCUT2D eigenvalue weighted by Gasteiger charge is 2.35. The number of carbonyl (C=O) groups is 3. The number of aryl methyl sites for hydroxylation is 1. The van der Waals surface area contributed by atoms with Crippen LogP contribution in [0.4, 0.5) is 9.18 Å². The summed E-state index contributed by atoms with van der Waals surface area (Å²) in [5.41, 5.74) is 2.91. The van der Waals surface area contributed by atoms with Crippen LogP contribution in [0.2, 0.25) is 0 Å². The summed E-state index contributed by atoms with van der Waals surface area (Å²) in [7, 11) is 0. The van der Waals surface area contributed by atoms with Gasteiger partial charge in [-0.05, 0) is 96.8 Å². The van der Waals surface area contributed by atoms with Crippen molar-refractivity contribution < 1.29 is 33.0 Å². The largest absolute Gasteiger partial charge is 0.491 e. The first kappa shape index (κ1) is 28.9. The Labute approximate surface area is 236 Å². The number of hydrogen-bond acceptors (Lipinski definition) is 7. The Bertz CT molecular complexity index is 1450. The Hall–Kier alpha value is -4.11. The molecule has 0 aromatic heterocycles. The van der Waals surface area contributed by atoms with E-state index >= 15 is 0 Å². The molecule has 0 bridgehead atoms. The monoisotopic (exact) mass is 563 g/mol. The van der Waals surface area contributed by atoms with Crippen LogP contribution in [0.3, 0.4) is 0 Å². The van der Waals surface area contributed by atoms with Gasteiger partial charge in [0.25, 0.3) is 11.1 Å². The molecule has 0 unspecified atom stereocenters. The molecule has 3 aromatic carbocycles. The topological polar surface area (TPSA) is 82.1 Å². The Balaban J connectivity index is 1.45. The minimum absolute atomic E-state index is 0.121. The van der Waals surface area contributed by atoms with Crippen molar-refractivity contribution in [3.05, 3.63) is 93.6 Å². The fourth-order valence-corrected chi connectivity index (χ4v) is 4.91. The Morgan fingerprint density at radius 3 is 2.42 bits per heavy atom. The average molecular weight is 564 g/mol. The van der Waals surface area contributed by atoms with Gasteiger partial charge in [-0.25, -0.2) is 9.18 Å². The fraction of sp³-hybridized carbons (Fsp3) is 0.258. The molecule has 4 rings (SSSR count). The van der Waals surface area contributed by atoms with Crippen LogP contribution in [0.25, 0.3) is 6.08 Å². The van der Waals surface area contributed by atoms with Crippen molar-refractivity contribution in [2.75, 3.05) is 19.8 Å². The number of halogens is 1. The molecule has 9 heteroatoms. The van der Waals surface area contributed by atoms with E-state index in [1.807, 2.05) is 25.1 Å². The predicted octanol–water partition coefficient (Wildman–Crippen LogP) is 6.99. The highest BCUT2D eigenvalue weighted by atomic mass is 32.2. The van der Waals surface area contributed by atoms with Crippen LogP contribution in [0.5, 0.6) is 17.2 Å². The molecular formula is C31H30FNO6S. The first-order valence-corrected chi connectivity index (χ1v) is 13.7. The zero-order valence-corrected chi connectivity index (χ0v) is 23.5. The van der Waals surface area contributed by atoms with Crippen LogP contribution >= 0.6 is 11.8 Å². The van der Waals surface area contributed by atoms with Crippen LogP contribution < -0.4 is 14.2 Å². The van der Waals surface area contributed by atoms with E-state index in [9.17, 15) is 18.8 Å². The molecule has 3 aromatic rings. The molecule has 0 N–H and O–H groups in total. The number of benzene rings is 3. The SMILES string of the molecule is CCOc1cc(/C=C2\SC(=O)N(CCOc3cc(C)ccc3C(C)C)C2=O)ccc1OC(=O)c1ccc(F)cc1. The molecule has 208 valence electrons. The normalized spacial score (nSPS) is 14.2. The third kappa shape index (κ3) is 6.90. The third-order valence-corrected chi connectivity index (χ3v) is 6.99. The lowest BCUT2D eigenvalue weighted by molar-refractivity contribution is -0.123. The molecule has 1 fully saturated rings. The molecular weight excluding hydrogens is 533 g/mol. The molecule has 0 atom stereocenters. The fourth-order valence-electron chi connectivity index (χ4n) is 4.05. The number of hydrogen-bond donors (Lipinski definition) is 0. The van der Waals surface area contributed by atoms with Crippen LogP contribution in [0.15, 0.2) is 65.6 Å². The van der Waals surface area contributed by atoms with Gasteiger partial charge in [0.05, 0.1) is 23.6 Å². The lowest BCUT2D eigenvalue weighted by Crippen LogP contribution is -2.32. The maximum Gasteiger partial charge on any atom is 0.343 e. The molecule has 0 aliphatic carbocycles. The number of carbonyl (C=O) groups excluding carboxylic acids is 3. The van der Waals surface area contributed by atoms with Gasteiger partial charge in [-0.1, -0.05) is 32.0 Å². The quantitative estimate of drug-likeness (QED) is 0.149. The third-order valence-electron chi connectivity index (χ3n) is 6.09. The van der Waals surface area contributed by atoms with Gasteiger partial charge in [0.2, 0.25) is 0 Å². The standard InChI is InChI=1S/C31H30FNO6S/c1-5-37-27-17-21(7-13-25(27)39-30(35)22-8-10-23(32)11-9-22)18-28-29(34)33(31(36)40-28)14-15-38-26-16-20(4)6-12-24(26)19(2)3/h6-13,16-19H,5,14-15H2,1-4H3/b28-18-. The maximum absolute atomic E-state index is 13.2. The second kappa shape index (κ2) is 12.8. The molecule has 1 heterocycles. The van der Waals surface area contributed by atoms with E-state index in [2.05, 4.69) is 13.8 Å². The number of thioether (sulfide) groups is 1. The Morgan fingerprint density at radius 1 is 0.975 bits per heavy atom. The van der Waals surface area contributed by atoms with Crippen molar-refractivity contribution in [1.82, 2.24) is 4.90 Å². The van der Waals surface area contributed by atoms with Gasteiger partial charge in [-0.15, -0.1) is 0 Å². The molecule has 7 nitrogen and oxygen atoms in total. The zero-order chi connectivity index (χ0) is 28.8. The van der Waals surface area contributed by atoms with E-state index in [1.165, 1.54) is 29.2 Å². The van der Waals surface area contributed by atoms with E-state index in [1.54, 1.807) is 31.2 Å². The lowest BCUT2D eigenvalue weighted by atomic mass is 10.0. The first-order valence-electron chi connectivity index (χ1n) is 12.9. The van der Waals surface area contributed by atoms with Crippen LogP contribution in [0.1, 0.15) is 53.7 Å². The minimum Gasteiger partial charge on any atom is -0.491 e. The van der Waals surface area contributed by atoms with Crippen molar-refractivity contribution >= 4 is 35.0 Å². The molecule has 0 saturated carbocycles. The van der Waals surface area contributed by atoms with Crippen molar-refractivity contribution in [2.45, 2.75) is 33.6 Å². The smallest absolute Gasteiger partial charge is 0.343 e. The van der Waals surface area contributed by atoms with E-state index in [-0.39, 0.29) is 40.5 Å². The summed E-state index contributed by atoms with van der Waals surface area (Å²) in [4.78, 5) is 39.6. The molecule has 0 spiro atoms. The predicted molar refractivity (Wildman–Crippen MR) is 152 cm³/mol. The van der Waals surface area contributed by atoms with E-state index in [0.29, 0.717) is 17.9 Å². The summed E-state index contributed by atoms with van der Waals surface area (Å²) in [6.45, 7) is 8.53. The Kier molecular flexibility index (Phi) is 9.26. The van der Waals surface area contributed by atoms with Gasteiger partial charge in [0, 0.05) is 0 Å². The van der Waals surface area contributed by atoms with Gasteiger partial charge in [0.1, 0.15) is 18.2 Å². The highest BCUT2D eigenvalue weighted by Crippen LogP contribution is 2.35. The van der Waals surface area contributed by atoms with Gasteiger partial charge in [0.15, 0.2) is 11.5 Å². The number of ether oxygens (including phenoxy) is 3. The number of rotatable bonds is 10. The van der Waals surface area contributed by atoms with Crippen molar-refractivity contribution in [1.29, 1.82) is 0 Å². The van der Waals surface area contributed by atoms with E-state index < -0.39 is 17.7 Å². The summed E-state index contributed by atoms with van der Waals surface area (Å²) in [6.07, 6.45) is 1.59. The van der Waals surface area contributed by atoms with Crippen molar-refractivity contribution in [2.24, 2.45) is 0 Å². The Morgan fingerprint density at radius 2 is 1.73 bits per heavy atom. The summed E-state index contributed by atoms with van der Waals surface area (Å²) in [5.74, 6) is -0.0374. The molecule has 1 aliphatic rings. The maximum atomic E-state index is 13.2. The van der Waals surface area contributed by atoms with Crippen molar-refractivity contribution in [3.63, 3.8) is 0 Å². The van der Waals surface area contributed by atoms with Gasteiger partial charge in [-0.3, -0.25) is 14.5 Å². The summed E-state index contributed by atoms with van der Waals surface area (Å²) in [5, 5.41) is -0.372. The summed E-state index contributed by atoms with van der Waals surface area (Å²) in [6, 6.07) is 15.9. The molecule has 2 amide bonds. The zero-order valence-electron chi connectivity index (χ0n) is 22.7. The highest BCUT2D eigenvalue weighted by molar-refractivity contribution is 8.18. The van der Waals surface area contributed by atoms with Crippen LogP contribution in [-0.4, -0.2) is 41.8 Å². The number of imide groups is 1. The van der Waals surface area contributed by atoms with E-state index in [0.717, 1.165) is 28.6 Å². The molecule has 0 radical (unpaired) electrons. The lowest BCUT2D eigenvalue weighted by Gasteiger charge is -2.17. The molecule has 1 aliphatic heterocycles. The van der Waals surface area contributed by atoms with E-state index in [4.69, 9.17) is 14.2 Å². The van der Waals surface area contributed by atoms with Crippen molar-refractivity contribution in [3.8, 4) is 17.2 Å². The molecule has 40 heavy (non-hydrogen) atoms.